The number of halogens is 3. The number of fused-ring (bicyclic) bond motifs is 3. The molecule has 0 saturated heterocycles. The van der Waals surface area contributed by atoms with E-state index in [1.807, 2.05) is 68.2 Å². The minimum Gasteiger partial charge on any atom is -0.507 e. The second-order valence-electron chi connectivity index (χ2n) is 13.7. The lowest BCUT2D eigenvalue weighted by Crippen LogP contribution is -2.48. The highest BCUT2D eigenvalue weighted by Crippen LogP contribution is 2.47. The minimum atomic E-state index is -0.909. The van der Waals surface area contributed by atoms with Crippen molar-refractivity contribution in [2.45, 2.75) is 71.2 Å². The van der Waals surface area contributed by atoms with Gasteiger partial charge in [0.1, 0.15) is 34.4 Å². The van der Waals surface area contributed by atoms with E-state index in [0.29, 0.717) is 33.9 Å². The number of amides is 1. The number of thiophene rings is 1. The Morgan fingerprint density at radius 3 is 2.66 bits per heavy atom. The van der Waals surface area contributed by atoms with E-state index in [0.717, 1.165) is 70.7 Å². The maximum Gasteiger partial charge on any atom is 0.410 e. The summed E-state index contributed by atoms with van der Waals surface area (Å²) in [4.78, 5) is 20.4. The summed E-state index contributed by atoms with van der Waals surface area (Å²) in [5.74, 6) is -2.33. The lowest BCUT2D eigenvalue weighted by molar-refractivity contribution is 0.00532. The number of phenols is 1. The van der Waals surface area contributed by atoms with Crippen LogP contribution in [-0.4, -0.2) is 57.6 Å². The van der Waals surface area contributed by atoms with Crippen molar-refractivity contribution in [1.82, 2.24) is 29.4 Å². The fourth-order valence-electron chi connectivity index (χ4n) is 6.67. The Balaban J connectivity index is 1.40. The first-order valence-electron chi connectivity index (χ1n) is 16.6. The summed E-state index contributed by atoms with van der Waals surface area (Å²) in [6.45, 7) is 6.26. The third-order valence-electron chi connectivity index (χ3n) is 8.97. The second kappa shape index (κ2) is 13.4. The number of ether oxygens (including phenoxy) is 1. The molecule has 13 heteroatoms. The molecule has 5 heterocycles. The van der Waals surface area contributed by atoms with Crippen LogP contribution in [0, 0.1) is 11.6 Å². The monoisotopic (exact) mass is 762 g/mol. The van der Waals surface area contributed by atoms with Crippen LogP contribution in [0.3, 0.4) is 0 Å². The number of alkyl halides is 1. The molecule has 0 spiro atoms. The lowest BCUT2D eigenvalue weighted by atomic mass is 9.96. The van der Waals surface area contributed by atoms with Crippen LogP contribution in [-0.2, 0) is 24.9 Å². The summed E-state index contributed by atoms with van der Waals surface area (Å²) in [7, 11) is 1.88. The van der Waals surface area contributed by atoms with Gasteiger partial charge in [-0.2, -0.15) is 10.2 Å². The van der Waals surface area contributed by atoms with E-state index in [-0.39, 0.29) is 24.2 Å². The number of benzene rings is 2. The van der Waals surface area contributed by atoms with Gasteiger partial charge < -0.3 is 9.84 Å². The third kappa shape index (κ3) is 6.48. The van der Waals surface area contributed by atoms with E-state index in [9.17, 15) is 14.3 Å². The van der Waals surface area contributed by atoms with E-state index in [1.165, 1.54) is 11.3 Å². The summed E-state index contributed by atoms with van der Waals surface area (Å²) in [5.41, 5.74) is 3.50. The van der Waals surface area contributed by atoms with Crippen molar-refractivity contribution >= 4 is 54.3 Å². The topological polar surface area (TPSA) is 98.3 Å². The Morgan fingerprint density at radius 2 is 1.90 bits per heavy atom. The summed E-state index contributed by atoms with van der Waals surface area (Å²) in [6, 6.07) is 11.3. The van der Waals surface area contributed by atoms with Crippen molar-refractivity contribution in [2.24, 2.45) is 7.05 Å². The quantitative estimate of drug-likeness (QED) is 0.123. The molecule has 1 aliphatic rings. The molecule has 260 valence electrons. The molecule has 1 amide bonds. The summed E-state index contributed by atoms with van der Waals surface area (Å²) in [5, 5.41) is 24.9. The Bertz CT molecular complexity index is 2220. The van der Waals surface area contributed by atoms with E-state index in [2.05, 4.69) is 21.0 Å². The van der Waals surface area contributed by atoms with Crippen molar-refractivity contribution in [1.29, 1.82) is 0 Å². The van der Waals surface area contributed by atoms with Crippen LogP contribution in [0.4, 0.5) is 13.6 Å². The largest absolute Gasteiger partial charge is 0.507 e. The predicted octanol–water partition coefficient (Wildman–Crippen LogP) is 9.44. The van der Waals surface area contributed by atoms with Gasteiger partial charge in [0.15, 0.2) is 0 Å². The molecule has 50 heavy (non-hydrogen) atoms. The first kappa shape index (κ1) is 34.1. The first-order chi connectivity index (χ1) is 23.9. The van der Waals surface area contributed by atoms with E-state index in [4.69, 9.17) is 14.8 Å². The van der Waals surface area contributed by atoms with Crippen LogP contribution in [0.25, 0.3) is 54.8 Å². The molecule has 0 fully saturated rings. The average molecular weight is 764 g/mol. The zero-order valence-corrected chi connectivity index (χ0v) is 30.6. The van der Waals surface area contributed by atoms with Crippen LogP contribution >= 0.6 is 27.3 Å². The number of hydrogen-bond donors (Lipinski definition) is 1. The molecule has 1 aliphatic heterocycles. The number of aromatic nitrogens is 5. The van der Waals surface area contributed by atoms with Crippen LogP contribution in [0.5, 0.6) is 5.75 Å². The van der Waals surface area contributed by atoms with Crippen LogP contribution in [0.2, 0.25) is 0 Å². The van der Waals surface area contributed by atoms with Crippen LogP contribution in [0.15, 0.2) is 54.0 Å². The summed E-state index contributed by atoms with van der Waals surface area (Å²) < 4.78 is 40.2. The first-order valence-corrected chi connectivity index (χ1v) is 18.6. The molecule has 7 rings (SSSR count). The Kier molecular flexibility index (Phi) is 9.14. The molecule has 1 N–H and O–H groups in total. The summed E-state index contributed by atoms with van der Waals surface area (Å²) >= 11 is 4.88. The Morgan fingerprint density at radius 1 is 1.08 bits per heavy atom. The zero-order chi connectivity index (χ0) is 35.3. The van der Waals surface area contributed by atoms with Gasteiger partial charge in [-0.1, -0.05) is 34.8 Å². The van der Waals surface area contributed by atoms with Crippen molar-refractivity contribution in [3.63, 3.8) is 0 Å². The SMILES string of the molecule is Cn1ncc2cc(-c3nc(-c4cc5n(n4)C[C@@H](CCCCCBr)N(C(=O)OC(C)(C)C)C5)c(-c4c(O)cc(F)cc4F)c4sccc34)ccc21. The predicted molar refractivity (Wildman–Crippen MR) is 195 cm³/mol. The van der Waals surface area contributed by atoms with Gasteiger partial charge in [-0.05, 0) is 63.3 Å². The molecule has 0 bridgehead atoms. The van der Waals surface area contributed by atoms with Crippen LogP contribution < -0.4 is 0 Å². The Labute approximate surface area is 300 Å². The highest BCUT2D eigenvalue weighted by molar-refractivity contribution is 9.09. The minimum absolute atomic E-state index is 0.145. The van der Waals surface area contributed by atoms with Gasteiger partial charge in [0.2, 0.25) is 0 Å². The third-order valence-corrected chi connectivity index (χ3v) is 10.5. The molecule has 2 aromatic carbocycles. The van der Waals surface area contributed by atoms with E-state index < -0.39 is 23.0 Å². The standard InChI is InChI=1S/C37H37BrF2N6O3S/c1-37(2,3)49-36(48)45-19-25-17-28(43-46(25)20-24(45)8-6-5-7-12-38)34-32(31-27(40)15-23(39)16-30(31)47)35-26(11-13-50-35)33(42-34)21-9-10-29-22(14-21)18-41-44(29)4/h9-11,13-18,24,47H,5-8,12,19-20H2,1-4H3/t24-/m1/s1. The molecule has 6 aromatic rings. The van der Waals surface area contributed by atoms with Crippen LogP contribution in [0.1, 0.15) is 52.1 Å². The van der Waals surface area contributed by atoms with Crippen molar-refractivity contribution in [2.75, 3.05) is 5.33 Å². The molecule has 4 aromatic heterocycles. The second-order valence-corrected chi connectivity index (χ2v) is 15.4. The molecular formula is C37H37BrF2N6O3S. The van der Waals surface area contributed by atoms with Gasteiger partial charge in [0.25, 0.3) is 0 Å². The van der Waals surface area contributed by atoms with Crippen molar-refractivity contribution < 1.29 is 23.4 Å². The maximum absolute atomic E-state index is 15.7. The van der Waals surface area contributed by atoms with Gasteiger partial charge in [-0.15, -0.1) is 11.3 Å². The Hall–Kier alpha value is -4.36. The van der Waals surface area contributed by atoms with Gasteiger partial charge in [-0.3, -0.25) is 14.3 Å². The summed E-state index contributed by atoms with van der Waals surface area (Å²) in [6.07, 6.45) is 5.19. The van der Waals surface area contributed by atoms with Gasteiger partial charge in [0.05, 0.1) is 47.8 Å². The number of aromatic hydroxyl groups is 1. The number of aryl methyl sites for hydroxylation is 1. The molecular weight excluding hydrogens is 726 g/mol. The number of nitrogens with zero attached hydrogens (tertiary/aromatic N) is 6. The highest BCUT2D eigenvalue weighted by atomic mass is 79.9. The number of phenolic OH excluding ortho intramolecular Hbond substituents is 1. The number of carbonyl (C=O) groups is 1. The smallest absolute Gasteiger partial charge is 0.410 e. The number of pyridine rings is 1. The molecule has 0 aliphatic carbocycles. The van der Waals surface area contributed by atoms with Gasteiger partial charge in [0, 0.05) is 51.1 Å². The van der Waals surface area contributed by atoms with Crippen molar-refractivity contribution in [3.05, 3.63) is 71.4 Å². The normalized spacial score (nSPS) is 14.9. The number of unbranched alkanes of at least 4 members (excludes halogenated alkanes) is 2. The number of carbonyl (C=O) groups excluding carboxylic acids is 1. The molecule has 0 saturated carbocycles. The fourth-order valence-corrected chi connectivity index (χ4v) is 8.02. The number of hydrogen-bond acceptors (Lipinski definition) is 7. The fraction of sp³-hybridized carbons (Fsp3) is 0.351. The molecule has 9 nitrogen and oxygen atoms in total. The zero-order valence-electron chi connectivity index (χ0n) is 28.2. The van der Waals surface area contributed by atoms with Crippen molar-refractivity contribution in [3.8, 4) is 39.5 Å². The van der Waals surface area contributed by atoms with E-state index >= 15 is 4.39 Å². The number of rotatable bonds is 8. The molecule has 0 radical (unpaired) electrons. The average Bonchev–Trinajstić information content (AvgIpc) is 3.80. The molecule has 0 unspecified atom stereocenters. The maximum atomic E-state index is 15.7. The van der Waals surface area contributed by atoms with Gasteiger partial charge >= 0.3 is 6.09 Å². The lowest BCUT2D eigenvalue weighted by Gasteiger charge is -2.37. The van der Waals surface area contributed by atoms with E-state index in [1.54, 1.807) is 15.8 Å². The molecule has 1 atom stereocenters. The van der Waals surface area contributed by atoms with Gasteiger partial charge in [-0.25, -0.2) is 18.6 Å². The highest BCUT2D eigenvalue weighted by Gasteiger charge is 2.35.